The number of hydrogen-bond acceptors (Lipinski definition) is 3. The third-order valence-corrected chi connectivity index (χ3v) is 4.02. The molecule has 1 saturated heterocycles. The molecule has 1 unspecified atom stereocenters. The van der Waals surface area contributed by atoms with E-state index in [2.05, 4.69) is 6.58 Å². The maximum atomic E-state index is 11.7. The van der Waals surface area contributed by atoms with Crippen molar-refractivity contribution < 1.29 is 19.4 Å². The molecule has 2 fully saturated rings. The van der Waals surface area contributed by atoms with Crippen LogP contribution >= 0.6 is 0 Å². The number of hydrogen-bond donors (Lipinski definition) is 1. The van der Waals surface area contributed by atoms with Crippen molar-refractivity contribution in [3.8, 4) is 0 Å². The second-order valence-corrected chi connectivity index (χ2v) is 5.16. The number of aliphatic carboxylic acids is 1. The zero-order valence-electron chi connectivity index (χ0n) is 10.4. The van der Waals surface area contributed by atoms with Crippen LogP contribution in [-0.4, -0.2) is 41.3 Å². The van der Waals surface area contributed by atoms with Crippen molar-refractivity contribution in [1.29, 1.82) is 0 Å². The predicted octanol–water partition coefficient (Wildman–Crippen LogP) is 2.03. The molecule has 0 aromatic carbocycles. The van der Waals surface area contributed by atoms with E-state index >= 15 is 0 Å². The van der Waals surface area contributed by atoms with Crippen LogP contribution in [0.3, 0.4) is 0 Å². The summed E-state index contributed by atoms with van der Waals surface area (Å²) in [5, 5.41) is 9.33. The van der Waals surface area contributed by atoms with Crippen LogP contribution in [0.1, 0.15) is 32.1 Å². The minimum Gasteiger partial charge on any atom is -0.480 e. The lowest BCUT2D eigenvalue weighted by molar-refractivity contribution is -0.165. The van der Waals surface area contributed by atoms with Crippen molar-refractivity contribution in [3.05, 3.63) is 12.7 Å². The maximum Gasteiger partial charge on any atom is 0.410 e. The molecule has 1 heterocycles. The summed E-state index contributed by atoms with van der Waals surface area (Å²) in [6, 6.07) is -0.713. The molecule has 100 valence electrons. The lowest BCUT2D eigenvalue weighted by atomic mass is 9.63. The standard InChI is InChI=1S/C13H19NO4/c1-2-8-18-12(17)14-9-13(10(14)11(15)16)6-4-3-5-7-13/h2,10H,1,3-9H2,(H,15,16). The molecule has 1 N–H and O–H groups in total. The fraction of sp³-hybridized carbons (Fsp3) is 0.692. The highest BCUT2D eigenvalue weighted by Gasteiger charge is 2.58. The molecule has 1 saturated carbocycles. The van der Waals surface area contributed by atoms with Crippen molar-refractivity contribution in [3.63, 3.8) is 0 Å². The monoisotopic (exact) mass is 253 g/mol. The van der Waals surface area contributed by atoms with Crippen molar-refractivity contribution in [2.24, 2.45) is 5.41 Å². The number of likely N-dealkylation sites (tertiary alicyclic amines) is 1. The molecule has 1 atom stereocenters. The lowest BCUT2D eigenvalue weighted by Crippen LogP contribution is -2.69. The van der Waals surface area contributed by atoms with Crippen molar-refractivity contribution in [2.75, 3.05) is 13.2 Å². The second kappa shape index (κ2) is 5.00. The number of carbonyl (C=O) groups excluding carboxylic acids is 1. The van der Waals surface area contributed by atoms with E-state index in [1.54, 1.807) is 0 Å². The summed E-state index contributed by atoms with van der Waals surface area (Å²) in [5.41, 5.74) is -0.211. The molecule has 1 spiro atoms. The van der Waals surface area contributed by atoms with Crippen LogP contribution in [0.25, 0.3) is 0 Å². The van der Waals surface area contributed by atoms with E-state index in [1.807, 2.05) is 0 Å². The Kier molecular flexibility index (Phi) is 3.59. The summed E-state index contributed by atoms with van der Waals surface area (Å²) in [5.74, 6) is -0.918. The average molecular weight is 253 g/mol. The zero-order valence-corrected chi connectivity index (χ0v) is 10.4. The molecule has 0 aromatic heterocycles. The Hall–Kier alpha value is -1.52. The zero-order chi connectivity index (χ0) is 13.2. The van der Waals surface area contributed by atoms with Crippen LogP contribution in [0.2, 0.25) is 0 Å². The van der Waals surface area contributed by atoms with E-state index in [-0.39, 0.29) is 12.0 Å². The van der Waals surface area contributed by atoms with E-state index < -0.39 is 18.1 Å². The maximum absolute atomic E-state index is 11.7. The molecule has 5 nitrogen and oxygen atoms in total. The number of amides is 1. The van der Waals surface area contributed by atoms with Crippen molar-refractivity contribution in [1.82, 2.24) is 4.90 Å². The van der Waals surface area contributed by atoms with Gasteiger partial charge in [-0.3, -0.25) is 4.90 Å². The van der Waals surface area contributed by atoms with Gasteiger partial charge in [-0.15, -0.1) is 0 Å². The molecule has 18 heavy (non-hydrogen) atoms. The molecule has 1 amide bonds. The topological polar surface area (TPSA) is 66.8 Å². The van der Waals surface area contributed by atoms with Gasteiger partial charge in [-0.05, 0) is 12.8 Å². The van der Waals surface area contributed by atoms with Gasteiger partial charge in [0.25, 0.3) is 0 Å². The molecule has 1 aliphatic heterocycles. The highest BCUT2D eigenvalue weighted by Crippen LogP contribution is 2.49. The van der Waals surface area contributed by atoms with Crippen LogP contribution in [-0.2, 0) is 9.53 Å². The summed E-state index contributed by atoms with van der Waals surface area (Å²) < 4.78 is 4.92. The first-order valence-electron chi connectivity index (χ1n) is 6.38. The summed E-state index contributed by atoms with van der Waals surface area (Å²) >= 11 is 0. The highest BCUT2D eigenvalue weighted by molar-refractivity contribution is 5.83. The van der Waals surface area contributed by atoms with E-state index in [9.17, 15) is 14.7 Å². The first kappa shape index (κ1) is 12.9. The predicted molar refractivity (Wildman–Crippen MR) is 65.2 cm³/mol. The van der Waals surface area contributed by atoms with Gasteiger partial charge in [-0.25, -0.2) is 9.59 Å². The van der Waals surface area contributed by atoms with Crippen LogP contribution in [0, 0.1) is 5.41 Å². The van der Waals surface area contributed by atoms with Gasteiger partial charge in [0, 0.05) is 12.0 Å². The van der Waals surface area contributed by atoms with E-state index in [1.165, 1.54) is 11.0 Å². The fourth-order valence-electron chi connectivity index (χ4n) is 3.20. The van der Waals surface area contributed by atoms with E-state index in [4.69, 9.17) is 4.74 Å². The smallest absolute Gasteiger partial charge is 0.410 e. The molecular formula is C13H19NO4. The third kappa shape index (κ3) is 2.09. The molecule has 2 aliphatic rings. The average Bonchev–Trinajstić information content (AvgIpc) is 2.33. The normalized spacial score (nSPS) is 25.3. The van der Waals surface area contributed by atoms with Gasteiger partial charge in [0.15, 0.2) is 0 Å². The molecule has 0 radical (unpaired) electrons. The summed E-state index contributed by atoms with van der Waals surface area (Å²) in [6.45, 7) is 4.09. The Morgan fingerprint density at radius 2 is 2.06 bits per heavy atom. The van der Waals surface area contributed by atoms with Crippen molar-refractivity contribution in [2.45, 2.75) is 38.1 Å². The Balaban J connectivity index is 2.04. The van der Waals surface area contributed by atoms with Gasteiger partial charge in [-0.1, -0.05) is 31.9 Å². The largest absolute Gasteiger partial charge is 0.480 e. The molecule has 2 rings (SSSR count). The quantitative estimate of drug-likeness (QED) is 0.781. The first-order valence-corrected chi connectivity index (χ1v) is 6.38. The van der Waals surface area contributed by atoms with Crippen LogP contribution in [0.15, 0.2) is 12.7 Å². The Bertz CT molecular complexity index is 360. The molecule has 0 aromatic rings. The van der Waals surface area contributed by atoms with Gasteiger partial charge in [0.05, 0.1) is 0 Å². The SMILES string of the molecule is C=CCOC(=O)N1CC2(CCCCC2)C1C(=O)O. The van der Waals surface area contributed by atoms with Gasteiger partial charge >= 0.3 is 12.1 Å². The van der Waals surface area contributed by atoms with Gasteiger partial charge in [0.2, 0.25) is 0 Å². The minimum absolute atomic E-state index is 0.120. The van der Waals surface area contributed by atoms with Gasteiger partial charge in [-0.2, -0.15) is 0 Å². The van der Waals surface area contributed by atoms with E-state index in [0.29, 0.717) is 6.54 Å². The molecule has 0 bridgehead atoms. The van der Waals surface area contributed by atoms with Gasteiger partial charge in [0.1, 0.15) is 12.6 Å². The van der Waals surface area contributed by atoms with Crippen LogP contribution < -0.4 is 0 Å². The second-order valence-electron chi connectivity index (χ2n) is 5.16. The summed E-state index contributed by atoms with van der Waals surface area (Å²) in [4.78, 5) is 24.4. The molecule has 5 heteroatoms. The number of rotatable bonds is 3. The fourth-order valence-corrected chi connectivity index (χ4v) is 3.20. The highest BCUT2D eigenvalue weighted by atomic mass is 16.6. The number of carbonyl (C=O) groups is 2. The number of ether oxygens (including phenoxy) is 1. The Morgan fingerprint density at radius 3 is 2.61 bits per heavy atom. The van der Waals surface area contributed by atoms with E-state index in [0.717, 1.165) is 32.1 Å². The van der Waals surface area contributed by atoms with Crippen LogP contribution in [0.4, 0.5) is 4.79 Å². The summed E-state index contributed by atoms with van der Waals surface area (Å²) in [7, 11) is 0. The number of carboxylic acid groups (broad SMARTS) is 1. The van der Waals surface area contributed by atoms with Crippen molar-refractivity contribution >= 4 is 12.1 Å². The number of carboxylic acids is 1. The Labute approximate surface area is 106 Å². The Morgan fingerprint density at radius 1 is 1.39 bits per heavy atom. The lowest BCUT2D eigenvalue weighted by Gasteiger charge is -2.56. The third-order valence-electron chi connectivity index (χ3n) is 4.02. The molecular weight excluding hydrogens is 234 g/mol. The molecule has 1 aliphatic carbocycles. The first-order chi connectivity index (χ1) is 8.60. The van der Waals surface area contributed by atoms with Crippen LogP contribution in [0.5, 0.6) is 0 Å². The van der Waals surface area contributed by atoms with Gasteiger partial charge < -0.3 is 9.84 Å². The summed E-state index contributed by atoms with van der Waals surface area (Å²) in [6.07, 6.45) is 6.00. The number of nitrogens with zero attached hydrogens (tertiary/aromatic N) is 1. The minimum atomic E-state index is -0.918.